The molecule has 1 aromatic carbocycles. The smallest absolute Gasteiger partial charge is 0.346 e. The number of halogens is 3. The van der Waals surface area contributed by atoms with Crippen molar-refractivity contribution in [3.05, 3.63) is 52.2 Å². The molecule has 9 heteroatoms. The summed E-state index contributed by atoms with van der Waals surface area (Å²) in [5.74, 6) is -1.86. The number of carbonyl (C=O) groups is 2. The van der Waals surface area contributed by atoms with Crippen LogP contribution in [0.5, 0.6) is 0 Å². The van der Waals surface area contributed by atoms with Gasteiger partial charge in [0.25, 0.3) is 0 Å². The molecule has 1 aliphatic rings. The van der Waals surface area contributed by atoms with Crippen molar-refractivity contribution in [2.75, 3.05) is 25.0 Å². The van der Waals surface area contributed by atoms with E-state index in [2.05, 4.69) is 15.5 Å². The molecule has 0 saturated carbocycles. The molecule has 5 nitrogen and oxygen atoms in total. The molecular formula is C21H24F3N3O2S. The minimum atomic E-state index is -4.52. The average Bonchev–Trinajstić information content (AvgIpc) is 3.10. The standard InChI is InChI=1S/C21H24F3N3O2S/c22-21(23,24)16-6-5-7-17(12-16)26-20(29)19(28)25-13-18(15-8-11-30-14-15)27-9-3-1-2-4-10-27/h5-8,11-12,14,18H,1-4,9-10,13H2,(H,25,28)(H,26,29)/t18-/m1/s1. The van der Waals surface area contributed by atoms with E-state index in [4.69, 9.17) is 0 Å². The van der Waals surface area contributed by atoms with Crippen LogP contribution < -0.4 is 10.6 Å². The Morgan fingerprint density at radius 1 is 1.07 bits per heavy atom. The SMILES string of the molecule is O=C(NC[C@H](c1ccsc1)N1CCCCCC1)C(=O)Nc1cccc(C(F)(F)F)c1. The summed E-state index contributed by atoms with van der Waals surface area (Å²) >= 11 is 1.57. The summed E-state index contributed by atoms with van der Waals surface area (Å²) < 4.78 is 38.5. The Morgan fingerprint density at radius 2 is 1.80 bits per heavy atom. The maximum absolute atomic E-state index is 12.8. The molecule has 3 rings (SSSR count). The first-order valence-electron chi connectivity index (χ1n) is 9.87. The third-order valence-electron chi connectivity index (χ3n) is 5.12. The predicted molar refractivity (Wildman–Crippen MR) is 110 cm³/mol. The summed E-state index contributed by atoms with van der Waals surface area (Å²) in [5, 5.41) is 8.89. The van der Waals surface area contributed by atoms with Crippen molar-refractivity contribution in [3.63, 3.8) is 0 Å². The predicted octanol–water partition coefficient (Wildman–Crippen LogP) is 4.44. The van der Waals surface area contributed by atoms with Crippen LogP contribution in [0, 0.1) is 0 Å². The fourth-order valence-electron chi connectivity index (χ4n) is 3.56. The summed E-state index contributed by atoms with van der Waals surface area (Å²) in [5.41, 5.74) is 0.117. The minimum absolute atomic E-state index is 0.0420. The van der Waals surface area contributed by atoms with Gasteiger partial charge in [-0.15, -0.1) is 0 Å². The van der Waals surface area contributed by atoms with Crippen LogP contribution in [-0.4, -0.2) is 36.3 Å². The second-order valence-electron chi connectivity index (χ2n) is 7.27. The molecule has 2 amide bonds. The van der Waals surface area contributed by atoms with Gasteiger partial charge in [-0.1, -0.05) is 18.9 Å². The van der Waals surface area contributed by atoms with E-state index in [1.54, 1.807) is 11.3 Å². The Labute approximate surface area is 177 Å². The van der Waals surface area contributed by atoms with E-state index < -0.39 is 23.6 Å². The van der Waals surface area contributed by atoms with Crippen molar-refractivity contribution >= 4 is 28.8 Å². The number of hydrogen-bond donors (Lipinski definition) is 2. The molecule has 1 atom stereocenters. The summed E-state index contributed by atoms with van der Waals surface area (Å²) in [6.07, 6.45) is 0.0103. The number of nitrogens with zero attached hydrogens (tertiary/aromatic N) is 1. The minimum Gasteiger partial charge on any atom is -0.346 e. The van der Waals surface area contributed by atoms with Crippen LogP contribution in [0.4, 0.5) is 18.9 Å². The number of rotatable bonds is 5. The lowest BCUT2D eigenvalue weighted by molar-refractivity contribution is -0.137. The third kappa shape index (κ3) is 6.06. The maximum atomic E-state index is 12.8. The molecule has 0 spiro atoms. The topological polar surface area (TPSA) is 61.4 Å². The molecule has 2 N–H and O–H groups in total. The summed E-state index contributed by atoms with van der Waals surface area (Å²) in [7, 11) is 0. The van der Waals surface area contributed by atoms with E-state index in [0.29, 0.717) is 0 Å². The van der Waals surface area contributed by atoms with Crippen LogP contribution in [0.1, 0.15) is 42.9 Å². The molecule has 1 aromatic heterocycles. The summed E-state index contributed by atoms with van der Waals surface area (Å²) in [6.45, 7) is 2.10. The largest absolute Gasteiger partial charge is 0.416 e. The molecule has 0 radical (unpaired) electrons. The Hall–Kier alpha value is -2.39. The van der Waals surface area contributed by atoms with E-state index >= 15 is 0 Å². The number of amides is 2. The lowest BCUT2D eigenvalue weighted by Gasteiger charge is -2.30. The highest BCUT2D eigenvalue weighted by Crippen LogP contribution is 2.30. The van der Waals surface area contributed by atoms with Crippen LogP contribution in [0.25, 0.3) is 0 Å². The second kappa shape index (κ2) is 10.1. The highest BCUT2D eigenvalue weighted by atomic mass is 32.1. The number of benzene rings is 1. The lowest BCUT2D eigenvalue weighted by Crippen LogP contribution is -2.42. The van der Waals surface area contributed by atoms with E-state index in [1.165, 1.54) is 25.0 Å². The highest BCUT2D eigenvalue weighted by Gasteiger charge is 2.30. The van der Waals surface area contributed by atoms with Crippen LogP contribution in [0.3, 0.4) is 0 Å². The van der Waals surface area contributed by atoms with Crippen molar-refractivity contribution in [1.29, 1.82) is 0 Å². The molecule has 0 unspecified atom stereocenters. The number of thiophene rings is 1. The molecule has 2 aromatic rings. The van der Waals surface area contributed by atoms with Crippen molar-refractivity contribution in [1.82, 2.24) is 10.2 Å². The lowest BCUT2D eigenvalue weighted by atomic mass is 10.1. The van der Waals surface area contributed by atoms with Crippen molar-refractivity contribution < 1.29 is 22.8 Å². The number of anilines is 1. The van der Waals surface area contributed by atoms with Crippen LogP contribution in [0.2, 0.25) is 0 Å². The van der Waals surface area contributed by atoms with Gasteiger partial charge in [-0.05, 0) is 66.5 Å². The molecule has 162 valence electrons. The van der Waals surface area contributed by atoms with Crippen molar-refractivity contribution in [2.45, 2.75) is 37.9 Å². The van der Waals surface area contributed by atoms with Crippen LogP contribution in [0.15, 0.2) is 41.1 Å². The average molecular weight is 440 g/mol. The molecule has 2 heterocycles. The van der Waals surface area contributed by atoms with Gasteiger partial charge in [-0.25, -0.2) is 0 Å². The monoisotopic (exact) mass is 439 g/mol. The Bertz CT molecular complexity index is 847. The Balaban J connectivity index is 1.61. The normalized spacial score (nSPS) is 16.5. The van der Waals surface area contributed by atoms with E-state index in [9.17, 15) is 22.8 Å². The van der Waals surface area contributed by atoms with Gasteiger partial charge in [-0.3, -0.25) is 14.5 Å². The first kappa shape index (κ1) is 22.3. The van der Waals surface area contributed by atoms with Crippen LogP contribution >= 0.6 is 11.3 Å². The molecule has 1 saturated heterocycles. The van der Waals surface area contributed by atoms with Gasteiger partial charge in [0, 0.05) is 12.2 Å². The number of nitrogens with one attached hydrogen (secondary N) is 2. The molecule has 0 aliphatic carbocycles. The summed E-state index contributed by atoms with van der Waals surface area (Å²) in [4.78, 5) is 26.8. The van der Waals surface area contributed by atoms with Crippen molar-refractivity contribution in [3.8, 4) is 0 Å². The number of likely N-dealkylation sites (tertiary alicyclic amines) is 1. The van der Waals surface area contributed by atoms with Gasteiger partial charge in [0.1, 0.15) is 0 Å². The fourth-order valence-corrected chi connectivity index (χ4v) is 4.27. The van der Waals surface area contributed by atoms with Gasteiger partial charge in [0.15, 0.2) is 0 Å². The third-order valence-corrected chi connectivity index (χ3v) is 5.82. The van der Waals surface area contributed by atoms with Gasteiger partial charge in [0.05, 0.1) is 11.6 Å². The Morgan fingerprint density at radius 3 is 2.43 bits per heavy atom. The molecule has 1 aliphatic heterocycles. The zero-order valence-electron chi connectivity index (χ0n) is 16.4. The van der Waals surface area contributed by atoms with E-state index in [-0.39, 0.29) is 18.3 Å². The van der Waals surface area contributed by atoms with Gasteiger partial charge >= 0.3 is 18.0 Å². The number of hydrogen-bond acceptors (Lipinski definition) is 4. The van der Waals surface area contributed by atoms with Gasteiger partial charge in [-0.2, -0.15) is 24.5 Å². The van der Waals surface area contributed by atoms with Crippen LogP contribution in [-0.2, 0) is 15.8 Å². The van der Waals surface area contributed by atoms with E-state index in [0.717, 1.165) is 43.6 Å². The number of alkyl halides is 3. The van der Waals surface area contributed by atoms with E-state index in [1.807, 2.05) is 16.8 Å². The van der Waals surface area contributed by atoms with Gasteiger partial charge in [0.2, 0.25) is 0 Å². The first-order chi connectivity index (χ1) is 14.3. The van der Waals surface area contributed by atoms with Gasteiger partial charge < -0.3 is 10.6 Å². The second-order valence-corrected chi connectivity index (χ2v) is 8.05. The number of carbonyl (C=O) groups excluding carboxylic acids is 2. The quantitative estimate of drug-likeness (QED) is 0.678. The maximum Gasteiger partial charge on any atom is 0.416 e. The first-order valence-corrected chi connectivity index (χ1v) is 10.8. The molecule has 30 heavy (non-hydrogen) atoms. The molecule has 0 bridgehead atoms. The molecular weight excluding hydrogens is 415 g/mol. The molecule has 1 fully saturated rings. The fraction of sp³-hybridized carbons (Fsp3) is 0.429. The Kier molecular flexibility index (Phi) is 7.49. The summed E-state index contributed by atoms with van der Waals surface area (Å²) in [6, 6.07) is 6.17. The zero-order chi connectivity index (χ0) is 21.6. The van der Waals surface area contributed by atoms with Crippen molar-refractivity contribution in [2.24, 2.45) is 0 Å². The highest BCUT2D eigenvalue weighted by molar-refractivity contribution is 7.08. The zero-order valence-corrected chi connectivity index (χ0v) is 17.2.